The first-order valence-corrected chi connectivity index (χ1v) is 3.31. The van der Waals surface area contributed by atoms with E-state index >= 15 is 0 Å². The van der Waals surface area contributed by atoms with E-state index in [1.165, 1.54) is 0 Å². The van der Waals surface area contributed by atoms with Crippen molar-refractivity contribution in [1.29, 1.82) is 0 Å². The predicted octanol–water partition coefficient (Wildman–Crippen LogP) is 0.633. The highest BCUT2D eigenvalue weighted by Crippen LogP contribution is 2.08. The third-order valence-electron chi connectivity index (χ3n) is 1.41. The van der Waals surface area contributed by atoms with Crippen LogP contribution >= 0.6 is 0 Å². The molecule has 0 aliphatic carbocycles. The molecule has 1 rings (SSSR count). The van der Waals surface area contributed by atoms with Gasteiger partial charge in [-0.15, -0.1) is 0 Å². The molecule has 0 aliphatic rings. The van der Waals surface area contributed by atoms with Crippen molar-refractivity contribution in [2.24, 2.45) is 5.73 Å². The maximum Gasteiger partial charge on any atom is 0.289 e. The molecule has 0 atom stereocenters. The molecule has 0 aliphatic heterocycles. The number of hydrogen-bond acceptors (Lipinski definition) is 2. The first kappa shape index (κ1) is 9.31. The van der Waals surface area contributed by atoms with Crippen LogP contribution in [0.1, 0.15) is 10.4 Å². The second-order valence-electron chi connectivity index (χ2n) is 2.32. The van der Waals surface area contributed by atoms with Gasteiger partial charge in [0.2, 0.25) is 5.78 Å². The summed E-state index contributed by atoms with van der Waals surface area (Å²) in [6, 6.07) is 2.37. The lowest BCUT2D eigenvalue weighted by molar-refractivity contribution is -0.114. The van der Waals surface area contributed by atoms with E-state index in [2.05, 4.69) is 5.73 Å². The highest BCUT2D eigenvalue weighted by atomic mass is 19.2. The van der Waals surface area contributed by atoms with E-state index in [-0.39, 0.29) is 5.56 Å². The van der Waals surface area contributed by atoms with Crippen LogP contribution in [0.15, 0.2) is 18.2 Å². The fourth-order valence-electron chi connectivity index (χ4n) is 0.780. The maximum atomic E-state index is 12.5. The lowest BCUT2D eigenvalue weighted by atomic mass is 10.1. The van der Waals surface area contributed by atoms with Crippen molar-refractivity contribution >= 4 is 11.7 Å². The lowest BCUT2D eigenvalue weighted by Gasteiger charge is -1.96. The van der Waals surface area contributed by atoms with Gasteiger partial charge in [-0.3, -0.25) is 9.59 Å². The monoisotopic (exact) mass is 185 g/mol. The van der Waals surface area contributed by atoms with Crippen molar-refractivity contribution in [2.45, 2.75) is 0 Å². The van der Waals surface area contributed by atoms with E-state index in [1.54, 1.807) is 0 Å². The van der Waals surface area contributed by atoms with E-state index in [9.17, 15) is 18.4 Å². The minimum absolute atomic E-state index is 0.258. The Morgan fingerprint density at radius 1 is 1.15 bits per heavy atom. The number of rotatable bonds is 2. The summed E-state index contributed by atoms with van der Waals surface area (Å²) in [6.07, 6.45) is 0. The smallest absolute Gasteiger partial charge is 0.289 e. The molecule has 0 radical (unpaired) electrons. The standard InChI is InChI=1S/C8H5F2NO2/c9-5-2-1-4(3-6(5)10)7(12)8(11)13/h1-3H,(H2,11,13). The topological polar surface area (TPSA) is 60.2 Å². The van der Waals surface area contributed by atoms with Crippen molar-refractivity contribution in [3.8, 4) is 0 Å². The second kappa shape index (κ2) is 3.30. The van der Waals surface area contributed by atoms with E-state index in [0.717, 1.165) is 12.1 Å². The van der Waals surface area contributed by atoms with Gasteiger partial charge in [0.1, 0.15) is 0 Å². The van der Waals surface area contributed by atoms with Crippen LogP contribution in [0.25, 0.3) is 0 Å². The molecule has 2 N–H and O–H groups in total. The van der Waals surface area contributed by atoms with Crippen LogP contribution in [-0.4, -0.2) is 11.7 Å². The van der Waals surface area contributed by atoms with Crippen LogP contribution in [0.2, 0.25) is 0 Å². The fraction of sp³-hybridized carbons (Fsp3) is 0. The fourth-order valence-corrected chi connectivity index (χ4v) is 0.780. The molecule has 0 aromatic heterocycles. The molecule has 0 saturated heterocycles. The molecule has 3 nitrogen and oxygen atoms in total. The van der Waals surface area contributed by atoms with Gasteiger partial charge in [0.15, 0.2) is 11.6 Å². The van der Waals surface area contributed by atoms with Crippen LogP contribution in [0.5, 0.6) is 0 Å². The molecule has 0 bridgehead atoms. The number of carbonyl (C=O) groups excluding carboxylic acids is 2. The molecule has 68 valence electrons. The molecule has 0 saturated carbocycles. The number of primary amides is 1. The Hall–Kier alpha value is -1.78. The molecule has 13 heavy (non-hydrogen) atoms. The summed E-state index contributed by atoms with van der Waals surface area (Å²) < 4.78 is 24.9. The number of carbonyl (C=O) groups is 2. The Labute approximate surface area is 72.2 Å². The third-order valence-corrected chi connectivity index (χ3v) is 1.41. The normalized spacial score (nSPS) is 9.69. The van der Waals surface area contributed by atoms with Crippen LogP contribution < -0.4 is 5.73 Å². The van der Waals surface area contributed by atoms with Gasteiger partial charge in [-0.25, -0.2) is 8.78 Å². The number of benzene rings is 1. The number of nitrogens with two attached hydrogens (primary N) is 1. The molecule has 1 amide bonds. The Kier molecular flexibility index (Phi) is 2.36. The van der Waals surface area contributed by atoms with Crippen molar-refractivity contribution in [3.05, 3.63) is 35.4 Å². The summed E-state index contributed by atoms with van der Waals surface area (Å²) in [5.74, 6) is -4.52. The van der Waals surface area contributed by atoms with Gasteiger partial charge in [0.25, 0.3) is 5.91 Å². The van der Waals surface area contributed by atoms with Crippen molar-refractivity contribution in [1.82, 2.24) is 0 Å². The Morgan fingerprint density at radius 3 is 2.23 bits per heavy atom. The van der Waals surface area contributed by atoms with E-state index in [0.29, 0.717) is 6.07 Å². The average Bonchev–Trinajstić information content (AvgIpc) is 2.08. The summed E-state index contributed by atoms with van der Waals surface area (Å²) in [4.78, 5) is 21.2. The van der Waals surface area contributed by atoms with Crippen molar-refractivity contribution in [2.75, 3.05) is 0 Å². The summed E-state index contributed by atoms with van der Waals surface area (Å²) in [7, 11) is 0. The van der Waals surface area contributed by atoms with E-state index in [4.69, 9.17) is 0 Å². The molecule has 0 unspecified atom stereocenters. The largest absolute Gasteiger partial charge is 0.363 e. The zero-order valence-electron chi connectivity index (χ0n) is 6.38. The van der Waals surface area contributed by atoms with Crippen LogP contribution in [0.3, 0.4) is 0 Å². The molecule has 5 heteroatoms. The van der Waals surface area contributed by atoms with Gasteiger partial charge in [0.05, 0.1) is 0 Å². The molecule has 0 fully saturated rings. The molecular weight excluding hydrogens is 180 g/mol. The van der Waals surface area contributed by atoms with Gasteiger partial charge in [0, 0.05) is 5.56 Å². The molecule has 0 spiro atoms. The molecule has 0 heterocycles. The van der Waals surface area contributed by atoms with Crippen LogP contribution in [0.4, 0.5) is 8.78 Å². The maximum absolute atomic E-state index is 12.5. The molecular formula is C8H5F2NO2. The summed E-state index contributed by atoms with van der Waals surface area (Å²) in [5, 5.41) is 0. The average molecular weight is 185 g/mol. The Morgan fingerprint density at radius 2 is 1.77 bits per heavy atom. The quantitative estimate of drug-likeness (QED) is 0.542. The zero-order chi connectivity index (χ0) is 10.0. The van der Waals surface area contributed by atoms with Gasteiger partial charge < -0.3 is 5.73 Å². The van der Waals surface area contributed by atoms with Crippen molar-refractivity contribution < 1.29 is 18.4 Å². The molecule has 1 aromatic carbocycles. The zero-order valence-corrected chi connectivity index (χ0v) is 6.38. The highest BCUT2D eigenvalue weighted by molar-refractivity contribution is 6.42. The minimum atomic E-state index is -1.20. The number of amides is 1. The van der Waals surface area contributed by atoms with Gasteiger partial charge in [-0.2, -0.15) is 0 Å². The Balaban J connectivity index is 3.11. The van der Waals surface area contributed by atoms with Crippen molar-refractivity contribution in [3.63, 3.8) is 0 Å². The summed E-state index contributed by atoms with van der Waals surface area (Å²) in [5.41, 5.74) is 4.39. The SMILES string of the molecule is NC(=O)C(=O)c1ccc(F)c(F)c1. The number of Topliss-reactive ketones (excluding diaryl/α,β-unsaturated/α-hetero) is 1. The summed E-state index contributed by atoms with van der Waals surface area (Å²) >= 11 is 0. The highest BCUT2D eigenvalue weighted by Gasteiger charge is 2.14. The molecule has 1 aromatic rings. The van der Waals surface area contributed by atoms with Gasteiger partial charge in [-0.05, 0) is 18.2 Å². The van der Waals surface area contributed by atoms with Gasteiger partial charge >= 0.3 is 0 Å². The predicted molar refractivity (Wildman–Crippen MR) is 39.9 cm³/mol. The second-order valence-corrected chi connectivity index (χ2v) is 2.32. The lowest BCUT2D eigenvalue weighted by Crippen LogP contribution is -2.23. The summed E-state index contributed by atoms with van der Waals surface area (Å²) in [6.45, 7) is 0. The third kappa shape index (κ3) is 1.87. The van der Waals surface area contributed by atoms with Crippen LogP contribution in [-0.2, 0) is 4.79 Å². The number of halogens is 2. The first-order chi connectivity index (χ1) is 6.02. The number of hydrogen-bond donors (Lipinski definition) is 1. The first-order valence-electron chi connectivity index (χ1n) is 3.31. The Bertz CT molecular complexity index is 376. The number of ketones is 1. The minimum Gasteiger partial charge on any atom is -0.363 e. The van der Waals surface area contributed by atoms with E-state index in [1.807, 2.05) is 0 Å². The van der Waals surface area contributed by atoms with Crippen LogP contribution in [0, 0.1) is 11.6 Å². The van der Waals surface area contributed by atoms with E-state index < -0.39 is 23.3 Å². The van der Waals surface area contributed by atoms with Gasteiger partial charge in [-0.1, -0.05) is 0 Å².